The smallest absolute Gasteiger partial charge is 0.0767 e. The summed E-state index contributed by atoms with van der Waals surface area (Å²) in [5.74, 6) is 0. The van der Waals surface area contributed by atoms with Crippen LogP contribution in [-0.4, -0.2) is 30.5 Å². The Morgan fingerprint density at radius 3 is 2.40 bits per heavy atom. The average molecular weight is 173 g/mol. The molecule has 1 radical (unpaired) electrons. The number of hydrogen-bond donors (Lipinski definition) is 0. The van der Waals surface area contributed by atoms with E-state index in [0.717, 1.165) is 6.61 Å². The van der Waals surface area contributed by atoms with Gasteiger partial charge in [-0.05, 0) is 19.3 Å². The molecule has 0 saturated carbocycles. The predicted octanol–water partition coefficient (Wildman–Crippen LogP) is 0.542. The standard InChI is InChI=1S/C7H17OSi2/c1-10(2)7(9)5-3-4-6-8-7/h3-6H2,1-2,9H3. The van der Waals surface area contributed by atoms with E-state index >= 15 is 0 Å². The number of hydrogen-bond acceptors (Lipinski definition) is 1. The molecule has 0 aliphatic carbocycles. The Morgan fingerprint density at radius 1 is 1.40 bits per heavy atom. The second kappa shape index (κ2) is 3.19. The zero-order valence-corrected chi connectivity index (χ0v) is 10.2. The Hall–Kier alpha value is 0.394. The maximum absolute atomic E-state index is 5.83. The van der Waals surface area contributed by atoms with Gasteiger partial charge in [0.05, 0.1) is 8.80 Å². The van der Waals surface area contributed by atoms with Crippen LogP contribution in [0.2, 0.25) is 13.1 Å². The molecule has 0 N–H and O–H groups in total. The van der Waals surface area contributed by atoms with Crippen molar-refractivity contribution in [3.63, 3.8) is 0 Å². The molecule has 0 aromatic carbocycles. The molecule has 0 spiro atoms. The molecule has 10 heavy (non-hydrogen) atoms. The lowest BCUT2D eigenvalue weighted by Gasteiger charge is -2.36. The van der Waals surface area contributed by atoms with Crippen LogP contribution < -0.4 is 0 Å². The molecule has 3 heteroatoms. The highest BCUT2D eigenvalue weighted by molar-refractivity contribution is 6.67. The molecule has 1 fully saturated rings. The molecule has 1 unspecified atom stereocenters. The lowest BCUT2D eigenvalue weighted by atomic mass is 10.2. The van der Waals surface area contributed by atoms with Crippen molar-refractivity contribution in [2.24, 2.45) is 0 Å². The lowest BCUT2D eigenvalue weighted by Crippen LogP contribution is -2.47. The SMILES string of the molecule is C[Si](C)C1([SiH3])CCCCO1. The molecule has 1 aliphatic heterocycles. The minimum Gasteiger partial charge on any atom is -0.383 e. The largest absolute Gasteiger partial charge is 0.383 e. The Bertz CT molecular complexity index is 108. The summed E-state index contributed by atoms with van der Waals surface area (Å²) < 4.78 is 5.83. The summed E-state index contributed by atoms with van der Waals surface area (Å²) in [5, 5.41) is 0. The summed E-state index contributed by atoms with van der Waals surface area (Å²) in [6.45, 7) is 5.78. The molecule has 1 atom stereocenters. The van der Waals surface area contributed by atoms with E-state index in [2.05, 4.69) is 13.1 Å². The molecule has 0 amide bonds. The van der Waals surface area contributed by atoms with Crippen LogP contribution >= 0.6 is 0 Å². The van der Waals surface area contributed by atoms with Gasteiger partial charge in [0, 0.05) is 21.7 Å². The van der Waals surface area contributed by atoms with Crippen molar-refractivity contribution in [3.8, 4) is 0 Å². The van der Waals surface area contributed by atoms with Gasteiger partial charge in [0.2, 0.25) is 0 Å². The highest BCUT2D eigenvalue weighted by Crippen LogP contribution is 2.23. The topological polar surface area (TPSA) is 9.23 Å². The molecule has 0 bridgehead atoms. The summed E-state index contributed by atoms with van der Waals surface area (Å²) in [6, 6.07) is 0. The summed E-state index contributed by atoms with van der Waals surface area (Å²) in [4.78, 5) is 0.420. The Labute approximate surface area is 68.2 Å². The maximum Gasteiger partial charge on any atom is 0.0767 e. The summed E-state index contributed by atoms with van der Waals surface area (Å²) in [5.41, 5.74) is 0. The first-order valence-corrected chi connectivity index (χ1v) is 7.60. The van der Waals surface area contributed by atoms with Crippen molar-refractivity contribution in [3.05, 3.63) is 0 Å². The first kappa shape index (κ1) is 8.49. The van der Waals surface area contributed by atoms with Gasteiger partial charge >= 0.3 is 0 Å². The van der Waals surface area contributed by atoms with Gasteiger partial charge in [0.15, 0.2) is 0 Å². The van der Waals surface area contributed by atoms with Crippen molar-refractivity contribution in [1.29, 1.82) is 0 Å². The molecule has 0 aromatic rings. The van der Waals surface area contributed by atoms with Crippen LogP contribution in [0.4, 0.5) is 0 Å². The van der Waals surface area contributed by atoms with E-state index in [4.69, 9.17) is 4.74 Å². The van der Waals surface area contributed by atoms with Crippen LogP contribution in [-0.2, 0) is 4.74 Å². The third kappa shape index (κ3) is 1.71. The molecule has 0 aromatic heterocycles. The van der Waals surface area contributed by atoms with Gasteiger partial charge in [-0.25, -0.2) is 0 Å². The van der Waals surface area contributed by atoms with Crippen LogP contribution in [0.5, 0.6) is 0 Å². The molecule has 1 saturated heterocycles. The van der Waals surface area contributed by atoms with Crippen molar-refractivity contribution in [2.75, 3.05) is 6.61 Å². The quantitative estimate of drug-likeness (QED) is 0.526. The lowest BCUT2D eigenvalue weighted by molar-refractivity contribution is 0.0336. The van der Waals surface area contributed by atoms with E-state index < -0.39 is 0 Å². The van der Waals surface area contributed by atoms with E-state index in [9.17, 15) is 0 Å². The summed E-state index contributed by atoms with van der Waals surface area (Å²) >= 11 is 0. The highest BCUT2D eigenvalue weighted by Gasteiger charge is 2.31. The van der Waals surface area contributed by atoms with E-state index in [1.807, 2.05) is 0 Å². The van der Waals surface area contributed by atoms with Crippen LogP contribution in [0.15, 0.2) is 0 Å². The zero-order chi connectivity index (χ0) is 7.61. The molecular formula is C7H17OSi2. The minimum atomic E-state index is -0.194. The van der Waals surface area contributed by atoms with Gasteiger partial charge in [-0.3, -0.25) is 0 Å². The average Bonchev–Trinajstić information content (AvgIpc) is 1.89. The third-order valence-electron chi connectivity index (χ3n) is 2.53. The zero-order valence-electron chi connectivity index (χ0n) is 7.24. The number of ether oxygens (including phenoxy) is 1. The number of rotatable bonds is 1. The fraction of sp³-hybridized carbons (Fsp3) is 1.00. The Balaban J connectivity index is 2.48. The van der Waals surface area contributed by atoms with Crippen molar-refractivity contribution < 1.29 is 4.74 Å². The second-order valence-corrected chi connectivity index (χ2v) is 9.21. The summed E-state index contributed by atoms with van der Waals surface area (Å²) in [7, 11) is 1.04. The molecule has 59 valence electrons. The van der Waals surface area contributed by atoms with E-state index in [1.165, 1.54) is 29.5 Å². The molecule has 1 aliphatic rings. The molecule has 1 rings (SSSR count). The van der Waals surface area contributed by atoms with Crippen LogP contribution in [0, 0.1) is 0 Å². The minimum absolute atomic E-state index is 0.194. The third-order valence-corrected chi connectivity index (χ3v) is 8.82. The first-order valence-electron chi connectivity index (χ1n) is 4.10. The Morgan fingerprint density at radius 2 is 2.10 bits per heavy atom. The van der Waals surface area contributed by atoms with Gasteiger partial charge in [-0.2, -0.15) is 0 Å². The van der Waals surface area contributed by atoms with Crippen molar-refractivity contribution >= 4 is 19.0 Å². The van der Waals surface area contributed by atoms with Crippen molar-refractivity contribution in [2.45, 2.75) is 37.2 Å². The fourth-order valence-electron chi connectivity index (χ4n) is 1.33. The van der Waals surface area contributed by atoms with Gasteiger partial charge < -0.3 is 4.74 Å². The molecular weight excluding hydrogens is 156 g/mol. The molecule has 1 heterocycles. The Kier molecular flexibility index (Phi) is 2.71. The monoisotopic (exact) mass is 173 g/mol. The van der Waals surface area contributed by atoms with Crippen LogP contribution in [0.25, 0.3) is 0 Å². The van der Waals surface area contributed by atoms with Gasteiger partial charge in [0.25, 0.3) is 0 Å². The predicted molar refractivity (Wildman–Crippen MR) is 50.0 cm³/mol. The van der Waals surface area contributed by atoms with E-state index in [-0.39, 0.29) is 8.80 Å². The van der Waals surface area contributed by atoms with Gasteiger partial charge in [0.1, 0.15) is 0 Å². The van der Waals surface area contributed by atoms with Crippen LogP contribution in [0.3, 0.4) is 0 Å². The fourth-order valence-corrected chi connectivity index (χ4v) is 2.95. The maximum atomic E-state index is 5.83. The summed E-state index contributed by atoms with van der Waals surface area (Å²) in [6.07, 6.45) is 4.04. The van der Waals surface area contributed by atoms with Gasteiger partial charge in [-0.15, -0.1) is 0 Å². The second-order valence-electron chi connectivity index (χ2n) is 3.54. The normalized spacial score (nSPS) is 35.1. The van der Waals surface area contributed by atoms with Crippen molar-refractivity contribution in [1.82, 2.24) is 0 Å². The van der Waals surface area contributed by atoms with E-state index in [0.29, 0.717) is 4.85 Å². The highest BCUT2D eigenvalue weighted by atomic mass is 28.3. The first-order chi connectivity index (χ1) is 4.65. The van der Waals surface area contributed by atoms with Crippen LogP contribution in [0.1, 0.15) is 19.3 Å². The van der Waals surface area contributed by atoms with Gasteiger partial charge in [-0.1, -0.05) is 13.1 Å². The molecule has 1 nitrogen and oxygen atoms in total. The van der Waals surface area contributed by atoms with E-state index in [1.54, 1.807) is 0 Å².